The molecule has 1 unspecified atom stereocenters. The summed E-state index contributed by atoms with van der Waals surface area (Å²) in [5, 5.41) is 8.45. The molecule has 0 aromatic heterocycles. The lowest BCUT2D eigenvalue weighted by molar-refractivity contribution is -0.145. The molecule has 0 aromatic carbocycles. The van der Waals surface area contributed by atoms with Gasteiger partial charge in [-0.3, -0.25) is 4.79 Å². The largest absolute Gasteiger partial charge is 0.469 e. The van der Waals surface area contributed by atoms with Gasteiger partial charge < -0.3 is 15.6 Å². The molecule has 0 fully saturated rings. The Morgan fingerprint density at radius 2 is 2.40 bits per heavy atom. The number of methoxy groups -OCH3 is 1. The van der Waals surface area contributed by atoms with Crippen molar-refractivity contribution in [3.63, 3.8) is 0 Å². The molecule has 3 N–H and O–H groups in total. The molecule has 4 heteroatoms. The van der Waals surface area contributed by atoms with E-state index < -0.39 is 0 Å². The van der Waals surface area contributed by atoms with Gasteiger partial charge in [-0.1, -0.05) is 0 Å². The summed E-state index contributed by atoms with van der Waals surface area (Å²) in [7, 11) is 1.31. The summed E-state index contributed by atoms with van der Waals surface area (Å²) in [5.41, 5.74) is 5.22. The molecule has 0 radical (unpaired) electrons. The molecule has 0 saturated carbocycles. The van der Waals surface area contributed by atoms with E-state index in [0.717, 1.165) is 0 Å². The zero-order chi connectivity index (χ0) is 7.98. The third-order valence-electron chi connectivity index (χ3n) is 1.30. The lowest BCUT2D eigenvalue weighted by Crippen LogP contribution is -2.25. The first-order chi connectivity index (χ1) is 4.76. The Morgan fingerprint density at radius 1 is 1.80 bits per heavy atom. The third-order valence-corrected chi connectivity index (χ3v) is 1.30. The van der Waals surface area contributed by atoms with Gasteiger partial charge in [0.15, 0.2) is 0 Å². The van der Waals surface area contributed by atoms with E-state index in [-0.39, 0.29) is 25.0 Å². The van der Waals surface area contributed by atoms with Gasteiger partial charge in [-0.2, -0.15) is 0 Å². The Bertz CT molecular complexity index is 105. The standard InChI is InChI=1S/C6H13NO3/c1-10-6(9)5(4-7)2-3-8/h5,8H,2-4,7H2,1H3. The van der Waals surface area contributed by atoms with Crippen LogP contribution in [-0.4, -0.2) is 31.3 Å². The molecule has 0 aliphatic rings. The van der Waals surface area contributed by atoms with Crippen molar-refractivity contribution in [3.8, 4) is 0 Å². The van der Waals surface area contributed by atoms with Gasteiger partial charge >= 0.3 is 5.97 Å². The molecule has 0 aliphatic carbocycles. The Kier molecular flexibility index (Phi) is 4.88. The summed E-state index contributed by atoms with van der Waals surface area (Å²) >= 11 is 0. The number of nitrogens with two attached hydrogens (primary N) is 1. The van der Waals surface area contributed by atoms with Gasteiger partial charge in [0.25, 0.3) is 0 Å². The van der Waals surface area contributed by atoms with E-state index in [4.69, 9.17) is 10.8 Å². The van der Waals surface area contributed by atoms with Crippen molar-refractivity contribution in [1.82, 2.24) is 0 Å². The van der Waals surface area contributed by atoms with E-state index in [1.165, 1.54) is 7.11 Å². The van der Waals surface area contributed by atoms with Gasteiger partial charge in [-0.25, -0.2) is 0 Å². The maximum atomic E-state index is 10.7. The molecule has 60 valence electrons. The molecule has 0 spiro atoms. The van der Waals surface area contributed by atoms with Crippen LogP contribution in [0.15, 0.2) is 0 Å². The minimum Gasteiger partial charge on any atom is -0.469 e. The van der Waals surface area contributed by atoms with Crippen LogP contribution < -0.4 is 5.73 Å². The summed E-state index contributed by atoms with van der Waals surface area (Å²) < 4.78 is 4.43. The first kappa shape index (κ1) is 9.39. The molecule has 0 amide bonds. The topological polar surface area (TPSA) is 72.5 Å². The van der Waals surface area contributed by atoms with Gasteiger partial charge in [-0.15, -0.1) is 0 Å². The number of hydrogen-bond donors (Lipinski definition) is 2. The normalized spacial score (nSPS) is 12.7. The lowest BCUT2D eigenvalue weighted by Gasteiger charge is -2.08. The van der Waals surface area contributed by atoms with Gasteiger partial charge in [0.1, 0.15) is 0 Å². The van der Waals surface area contributed by atoms with Crippen molar-refractivity contribution >= 4 is 5.97 Å². The van der Waals surface area contributed by atoms with E-state index >= 15 is 0 Å². The number of carbonyl (C=O) groups is 1. The minimum absolute atomic E-state index is 0.0308. The summed E-state index contributed by atoms with van der Waals surface area (Å²) in [5.74, 6) is -0.702. The maximum Gasteiger partial charge on any atom is 0.310 e. The van der Waals surface area contributed by atoms with Crippen molar-refractivity contribution in [1.29, 1.82) is 0 Å². The fourth-order valence-corrected chi connectivity index (χ4v) is 0.654. The second kappa shape index (κ2) is 5.20. The quantitative estimate of drug-likeness (QED) is 0.506. The predicted octanol–water partition coefficient (Wildman–Crippen LogP) is -0.883. The molecule has 4 nitrogen and oxygen atoms in total. The van der Waals surface area contributed by atoms with Crippen LogP contribution in [0.4, 0.5) is 0 Å². The summed E-state index contributed by atoms with van der Waals surface area (Å²) in [4.78, 5) is 10.7. The van der Waals surface area contributed by atoms with Crippen molar-refractivity contribution in [2.45, 2.75) is 6.42 Å². The minimum atomic E-state index is -0.352. The highest BCUT2D eigenvalue weighted by Gasteiger charge is 2.15. The Hall–Kier alpha value is -0.610. The highest BCUT2D eigenvalue weighted by Crippen LogP contribution is 2.01. The monoisotopic (exact) mass is 147 g/mol. The van der Waals surface area contributed by atoms with E-state index in [2.05, 4.69) is 4.74 Å². The van der Waals surface area contributed by atoms with Crippen LogP contribution in [0, 0.1) is 5.92 Å². The zero-order valence-corrected chi connectivity index (χ0v) is 6.04. The van der Waals surface area contributed by atoms with Crippen molar-refractivity contribution in [2.75, 3.05) is 20.3 Å². The molecular weight excluding hydrogens is 134 g/mol. The Balaban J connectivity index is 3.68. The van der Waals surface area contributed by atoms with E-state index in [1.807, 2.05) is 0 Å². The average Bonchev–Trinajstić information content (AvgIpc) is 1.99. The van der Waals surface area contributed by atoms with Crippen LogP contribution in [0.2, 0.25) is 0 Å². The van der Waals surface area contributed by atoms with E-state index in [1.54, 1.807) is 0 Å². The lowest BCUT2D eigenvalue weighted by atomic mass is 10.1. The number of hydrogen-bond acceptors (Lipinski definition) is 4. The maximum absolute atomic E-state index is 10.7. The van der Waals surface area contributed by atoms with Crippen LogP contribution in [0.5, 0.6) is 0 Å². The fourth-order valence-electron chi connectivity index (χ4n) is 0.654. The fraction of sp³-hybridized carbons (Fsp3) is 0.833. The number of aliphatic hydroxyl groups excluding tert-OH is 1. The van der Waals surface area contributed by atoms with Gasteiger partial charge in [0, 0.05) is 13.2 Å². The van der Waals surface area contributed by atoms with E-state index in [9.17, 15) is 4.79 Å². The first-order valence-corrected chi connectivity index (χ1v) is 3.15. The van der Waals surface area contributed by atoms with Gasteiger partial charge in [-0.05, 0) is 6.42 Å². The zero-order valence-electron chi connectivity index (χ0n) is 6.04. The van der Waals surface area contributed by atoms with E-state index in [0.29, 0.717) is 6.42 Å². The average molecular weight is 147 g/mol. The number of ether oxygens (including phenoxy) is 1. The SMILES string of the molecule is COC(=O)C(CN)CCO. The van der Waals surface area contributed by atoms with Gasteiger partial charge in [0.2, 0.25) is 0 Å². The Labute approximate surface area is 60.0 Å². The highest BCUT2D eigenvalue weighted by atomic mass is 16.5. The second-order valence-electron chi connectivity index (χ2n) is 1.97. The molecule has 0 aliphatic heterocycles. The number of esters is 1. The van der Waals surface area contributed by atoms with Crippen LogP contribution in [0.3, 0.4) is 0 Å². The molecule has 0 bridgehead atoms. The molecule has 0 saturated heterocycles. The number of carbonyl (C=O) groups excluding carboxylic acids is 1. The third kappa shape index (κ3) is 2.80. The Morgan fingerprint density at radius 3 is 2.70 bits per heavy atom. The molecule has 0 aromatic rings. The predicted molar refractivity (Wildman–Crippen MR) is 36.3 cm³/mol. The van der Waals surface area contributed by atoms with Crippen LogP contribution in [-0.2, 0) is 9.53 Å². The highest BCUT2D eigenvalue weighted by molar-refractivity contribution is 5.72. The van der Waals surface area contributed by atoms with Crippen molar-refractivity contribution < 1.29 is 14.6 Å². The number of rotatable bonds is 4. The molecule has 0 heterocycles. The van der Waals surface area contributed by atoms with Crippen LogP contribution >= 0.6 is 0 Å². The number of aliphatic hydroxyl groups is 1. The molecule has 1 atom stereocenters. The summed E-state index contributed by atoms with van der Waals surface area (Å²) in [6, 6.07) is 0. The second-order valence-corrected chi connectivity index (χ2v) is 1.97. The first-order valence-electron chi connectivity index (χ1n) is 3.15. The van der Waals surface area contributed by atoms with Crippen molar-refractivity contribution in [3.05, 3.63) is 0 Å². The van der Waals surface area contributed by atoms with Crippen LogP contribution in [0.25, 0.3) is 0 Å². The van der Waals surface area contributed by atoms with Gasteiger partial charge in [0.05, 0.1) is 13.0 Å². The summed E-state index contributed by atoms with van der Waals surface area (Å²) in [6.07, 6.45) is 0.378. The van der Waals surface area contributed by atoms with Crippen LogP contribution in [0.1, 0.15) is 6.42 Å². The molecule has 0 rings (SSSR count). The smallest absolute Gasteiger partial charge is 0.310 e. The summed E-state index contributed by atoms with van der Waals surface area (Å²) in [6.45, 7) is 0.199. The van der Waals surface area contributed by atoms with Crippen molar-refractivity contribution in [2.24, 2.45) is 11.7 Å². The molecule has 10 heavy (non-hydrogen) atoms. The molecular formula is C6H13NO3.